The first-order valence-electron chi connectivity index (χ1n) is 7.53. The van der Waals surface area contributed by atoms with Gasteiger partial charge in [0, 0.05) is 11.7 Å². The van der Waals surface area contributed by atoms with Crippen LogP contribution in [0, 0.1) is 6.92 Å². The van der Waals surface area contributed by atoms with Gasteiger partial charge in [-0.25, -0.2) is 0 Å². The normalized spacial score (nSPS) is 13.3. The molecule has 1 fully saturated rings. The van der Waals surface area contributed by atoms with Gasteiger partial charge >= 0.3 is 0 Å². The highest BCUT2D eigenvalue weighted by atomic mass is 32.2. The minimum absolute atomic E-state index is 0.00848. The minimum Gasteiger partial charge on any atom is -0.352 e. The topological polar surface area (TPSA) is 87.3 Å². The maximum atomic E-state index is 11.7. The van der Waals surface area contributed by atoms with E-state index in [1.807, 2.05) is 31.2 Å². The third kappa shape index (κ3) is 7.19. The largest absolute Gasteiger partial charge is 0.352 e. The van der Waals surface area contributed by atoms with Gasteiger partial charge in [-0.3, -0.25) is 14.4 Å². The molecule has 3 amide bonds. The molecule has 1 aromatic carbocycles. The highest BCUT2D eigenvalue weighted by molar-refractivity contribution is 8.00. The zero-order chi connectivity index (χ0) is 16.7. The number of benzene rings is 1. The Labute approximate surface area is 139 Å². The van der Waals surface area contributed by atoms with Crippen molar-refractivity contribution in [3.05, 3.63) is 29.8 Å². The Morgan fingerprint density at radius 1 is 1.04 bits per heavy atom. The first-order chi connectivity index (χ1) is 11.0. The number of carbonyl (C=O) groups is 3. The number of anilines is 1. The van der Waals surface area contributed by atoms with Crippen LogP contribution < -0.4 is 16.0 Å². The second-order valence-electron chi connectivity index (χ2n) is 5.53. The van der Waals surface area contributed by atoms with Gasteiger partial charge in [-0.2, -0.15) is 0 Å². The molecule has 7 heteroatoms. The second kappa shape index (κ2) is 8.57. The number of aryl methyl sites for hydroxylation is 1. The number of amides is 3. The number of hydrogen-bond acceptors (Lipinski definition) is 4. The van der Waals surface area contributed by atoms with Crippen molar-refractivity contribution >= 4 is 35.2 Å². The maximum absolute atomic E-state index is 11.7. The number of carbonyl (C=O) groups excluding carboxylic acids is 3. The van der Waals surface area contributed by atoms with Gasteiger partial charge in [0.05, 0.1) is 18.1 Å². The van der Waals surface area contributed by atoms with Crippen LogP contribution in [0.15, 0.2) is 24.3 Å². The van der Waals surface area contributed by atoms with E-state index in [1.165, 1.54) is 11.8 Å². The summed E-state index contributed by atoms with van der Waals surface area (Å²) >= 11 is 1.21. The second-order valence-corrected chi connectivity index (χ2v) is 6.51. The summed E-state index contributed by atoms with van der Waals surface area (Å²) in [5.74, 6) is -0.224. The van der Waals surface area contributed by atoms with E-state index in [1.54, 1.807) is 0 Å². The molecule has 1 saturated carbocycles. The average molecular weight is 335 g/mol. The van der Waals surface area contributed by atoms with Gasteiger partial charge in [-0.1, -0.05) is 17.7 Å². The van der Waals surface area contributed by atoms with Crippen molar-refractivity contribution in [3.8, 4) is 0 Å². The molecule has 0 heterocycles. The summed E-state index contributed by atoms with van der Waals surface area (Å²) in [6.07, 6.45) is 2.04. The van der Waals surface area contributed by atoms with Gasteiger partial charge in [0.15, 0.2) is 0 Å². The van der Waals surface area contributed by atoms with Crippen LogP contribution in [0.5, 0.6) is 0 Å². The standard InChI is InChI=1S/C16H21N3O3S/c1-11-2-4-12(5-3-11)19-16(22)10-23-9-15(21)17-8-14(20)18-13-6-7-13/h2-5,13H,6-10H2,1H3,(H,17,21)(H,18,20)(H,19,22). The van der Waals surface area contributed by atoms with E-state index in [-0.39, 0.29) is 35.8 Å². The average Bonchev–Trinajstić information content (AvgIpc) is 3.31. The summed E-state index contributed by atoms with van der Waals surface area (Å²) in [5, 5.41) is 8.10. The molecule has 1 aromatic rings. The third-order valence-electron chi connectivity index (χ3n) is 3.19. The molecular formula is C16H21N3O3S. The fourth-order valence-electron chi connectivity index (χ4n) is 1.81. The molecule has 0 aliphatic heterocycles. The van der Waals surface area contributed by atoms with Crippen molar-refractivity contribution in [1.82, 2.24) is 10.6 Å². The molecule has 0 unspecified atom stereocenters. The summed E-state index contributed by atoms with van der Waals surface area (Å²) in [5.41, 5.74) is 1.86. The smallest absolute Gasteiger partial charge is 0.239 e. The van der Waals surface area contributed by atoms with Crippen molar-refractivity contribution < 1.29 is 14.4 Å². The van der Waals surface area contributed by atoms with Crippen molar-refractivity contribution in [2.75, 3.05) is 23.4 Å². The molecular weight excluding hydrogens is 314 g/mol. The Morgan fingerprint density at radius 3 is 2.35 bits per heavy atom. The fourth-order valence-corrected chi connectivity index (χ4v) is 2.45. The Hall–Kier alpha value is -2.02. The van der Waals surface area contributed by atoms with E-state index in [0.29, 0.717) is 6.04 Å². The van der Waals surface area contributed by atoms with Crippen LogP contribution in [0.1, 0.15) is 18.4 Å². The molecule has 0 saturated heterocycles. The van der Waals surface area contributed by atoms with Crippen molar-refractivity contribution in [2.24, 2.45) is 0 Å². The number of rotatable bonds is 8. The molecule has 0 atom stereocenters. The van der Waals surface area contributed by atoms with Gasteiger partial charge < -0.3 is 16.0 Å². The van der Waals surface area contributed by atoms with Gasteiger partial charge in [0.1, 0.15) is 0 Å². The summed E-state index contributed by atoms with van der Waals surface area (Å²) < 4.78 is 0. The number of hydrogen-bond donors (Lipinski definition) is 3. The van der Waals surface area contributed by atoms with Gasteiger partial charge in [-0.15, -0.1) is 11.8 Å². The summed E-state index contributed by atoms with van der Waals surface area (Å²) in [4.78, 5) is 34.7. The van der Waals surface area contributed by atoms with Crippen LogP contribution in [0.2, 0.25) is 0 Å². The lowest BCUT2D eigenvalue weighted by atomic mass is 10.2. The predicted molar refractivity (Wildman–Crippen MR) is 91.3 cm³/mol. The van der Waals surface area contributed by atoms with Crippen LogP contribution in [0.25, 0.3) is 0 Å². The SMILES string of the molecule is Cc1ccc(NC(=O)CSCC(=O)NCC(=O)NC2CC2)cc1. The Morgan fingerprint density at radius 2 is 1.70 bits per heavy atom. The molecule has 1 aliphatic carbocycles. The molecule has 3 N–H and O–H groups in total. The van der Waals surface area contributed by atoms with Gasteiger partial charge in [-0.05, 0) is 31.9 Å². The monoisotopic (exact) mass is 335 g/mol. The quantitative estimate of drug-likeness (QED) is 0.663. The molecule has 0 radical (unpaired) electrons. The summed E-state index contributed by atoms with van der Waals surface area (Å²) in [6, 6.07) is 7.80. The zero-order valence-corrected chi connectivity index (χ0v) is 13.9. The van der Waals surface area contributed by atoms with Crippen LogP contribution in [-0.4, -0.2) is 41.8 Å². The third-order valence-corrected chi connectivity index (χ3v) is 4.12. The van der Waals surface area contributed by atoms with Crippen LogP contribution in [0.3, 0.4) is 0 Å². The van der Waals surface area contributed by atoms with E-state index >= 15 is 0 Å². The first-order valence-corrected chi connectivity index (χ1v) is 8.69. The Balaban J connectivity index is 1.56. The van der Waals surface area contributed by atoms with E-state index in [0.717, 1.165) is 24.1 Å². The Kier molecular flexibility index (Phi) is 6.46. The van der Waals surface area contributed by atoms with Crippen molar-refractivity contribution in [1.29, 1.82) is 0 Å². The van der Waals surface area contributed by atoms with Crippen LogP contribution in [0.4, 0.5) is 5.69 Å². The molecule has 6 nitrogen and oxygen atoms in total. The van der Waals surface area contributed by atoms with Crippen molar-refractivity contribution in [2.45, 2.75) is 25.8 Å². The Bertz CT molecular complexity index is 570. The highest BCUT2D eigenvalue weighted by Gasteiger charge is 2.23. The lowest BCUT2D eigenvalue weighted by molar-refractivity contribution is -0.124. The van der Waals surface area contributed by atoms with E-state index in [9.17, 15) is 14.4 Å². The molecule has 23 heavy (non-hydrogen) atoms. The predicted octanol–water partition coefficient (Wildman–Crippen LogP) is 1.06. The molecule has 124 valence electrons. The van der Waals surface area contributed by atoms with Crippen LogP contribution >= 0.6 is 11.8 Å². The summed E-state index contributed by atoms with van der Waals surface area (Å²) in [6.45, 7) is 1.97. The summed E-state index contributed by atoms with van der Waals surface area (Å²) in [7, 11) is 0. The molecule has 2 rings (SSSR count). The lowest BCUT2D eigenvalue weighted by Crippen LogP contribution is -2.38. The van der Waals surface area contributed by atoms with Crippen LogP contribution in [-0.2, 0) is 14.4 Å². The minimum atomic E-state index is -0.246. The molecule has 0 spiro atoms. The highest BCUT2D eigenvalue weighted by Crippen LogP contribution is 2.18. The fraction of sp³-hybridized carbons (Fsp3) is 0.438. The maximum Gasteiger partial charge on any atom is 0.239 e. The molecule has 0 bridgehead atoms. The van der Waals surface area contributed by atoms with E-state index in [2.05, 4.69) is 16.0 Å². The zero-order valence-electron chi connectivity index (χ0n) is 13.1. The number of thioether (sulfide) groups is 1. The van der Waals surface area contributed by atoms with Crippen molar-refractivity contribution in [3.63, 3.8) is 0 Å². The van der Waals surface area contributed by atoms with E-state index < -0.39 is 0 Å². The first kappa shape index (κ1) is 17.3. The number of nitrogens with one attached hydrogen (secondary N) is 3. The lowest BCUT2D eigenvalue weighted by Gasteiger charge is -2.07. The molecule has 0 aromatic heterocycles. The van der Waals surface area contributed by atoms with Gasteiger partial charge in [0.2, 0.25) is 17.7 Å². The van der Waals surface area contributed by atoms with Gasteiger partial charge in [0.25, 0.3) is 0 Å². The molecule has 1 aliphatic rings. The van der Waals surface area contributed by atoms with E-state index in [4.69, 9.17) is 0 Å².